The van der Waals surface area contributed by atoms with Crippen molar-refractivity contribution in [1.82, 2.24) is 0 Å². The SMILES string of the molecule is O=C(O)c1ccc(CNc2ccc3c(c2)/C(=N/O)C(=O)N3Cc2cc(F)cc3c2OCOC3)cc1. The number of rotatable bonds is 6. The van der Waals surface area contributed by atoms with Crippen molar-refractivity contribution in [3.63, 3.8) is 0 Å². The van der Waals surface area contributed by atoms with Gasteiger partial charge in [-0.3, -0.25) is 4.79 Å². The molecule has 3 aromatic rings. The Morgan fingerprint density at radius 2 is 1.94 bits per heavy atom. The van der Waals surface area contributed by atoms with E-state index in [1.807, 2.05) is 0 Å². The first-order valence-electron chi connectivity index (χ1n) is 10.7. The van der Waals surface area contributed by atoms with E-state index >= 15 is 0 Å². The number of carbonyl (C=O) groups is 2. The van der Waals surface area contributed by atoms with E-state index < -0.39 is 17.7 Å². The maximum atomic E-state index is 14.2. The maximum Gasteiger partial charge on any atom is 0.335 e. The summed E-state index contributed by atoms with van der Waals surface area (Å²) in [5, 5.41) is 25.0. The third-order valence-corrected chi connectivity index (χ3v) is 5.87. The van der Waals surface area contributed by atoms with Crippen LogP contribution in [-0.4, -0.2) is 34.7 Å². The normalized spacial score (nSPS) is 15.5. The predicted octanol–water partition coefficient (Wildman–Crippen LogP) is 3.73. The average molecular weight is 477 g/mol. The van der Waals surface area contributed by atoms with Crippen LogP contribution in [0.25, 0.3) is 0 Å². The van der Waals surface area contributed by atoms with Crippen molar-refractivity contribution in [2.45, 2.75) is 19.7 Å². The van der Waals surface area contributed by atoms with Gasteiger partial charge >= 0.3 is 5.97 Å². The monoisotopic (exact) mass is 477 g/mol. The third kappa shape index (κ3) is 4.26. The van der Waals surface area contributed by atoms with Crippen LogP contribution in [0.4, 0.5) is 15.8 Å². The van der Waals surface area contributed by atoms with Crippen LogP contribution < -0.4 is 15.0 Å². The molecule has 0 spiro atoms. The van der Waals surface area contributed by atoms with Crippen LogP contribution in [-0.2, 0) is 29.2 Å². The van der Waals surface area contributed by atoms with Gasteiger partial charge in [0.1, 0.15) is 11.6 Å². The molecule has 3 N–H and O–H groups in total. The summed E-state index contributed by atoms with van der Waals surface area (Å²) in [6, 6.07) is 14.3. The minimum absolute atomic E-state index is 0.0215. The van der Waals surface area contributed by atoms with Gasteiger partial charge in [-0.1, -0.05) is 17.3 Å². The third-order valence-electron chi connectivity index (χ3n) is 5.87. The Bertz CT molecular complexity index is 1360. The molecule has 3 aromatic carbocycles. The van der Waals surface area contributed by atoms with E-state index in [0.717, 1.165) is 5.56 Å². The van der Waals surface area contributed by atoms with E-state index in [1.54, 1.807) is 30.3 Å². The van der Waals surface area contributed by atoms with Gasteiger partial charge < -0.3 is 30.0 Å². The van der Waals surface area contributed by atoms with Crippen LogP contribution in [0.5, 0.6) is 5.75 Å². The summed E-state index contributed by atoms with van der Waals surface area (Å²) in [5.41, 5.74) is 3.60. The van der Waals surface area contributed by atoms with E-state index in [2.05, 4.69) is 10.5 Å². The van der Waals surface area contributed by atoms with Crippen LogP contribution in [0.3, 0.4) is 0 Å². The topological polar surface area (TPSA) is 121 Å². The summed E-state index contributed by atoms with van der Waals surface area (Å²) in [7, 11) is 0. The summed E-state index contributed by atoms with van der Waals surface area (Å²) in [6.45, 7) is 0.681. The lowest BCUT2D eigenvalue weighted by Gasteiger charge is -2.24. The van der Waals surface area contributed by atoms with E-state index in [-0.39, 0.29) is 31.2 Å². The van der Waals surface area contributed by atoms with E-state index in [9.17, 15) is 19.2 Å². The molecule has 0 saturated heterocycles. The quantitative estimate of drug-likeness (QED) is 0.365. The molecule has 10 heteroatoms. The molecule has 0 aliphatic carbocycles. The van der Waals surface area contributed by atoms with E-state index in [0.29, 0.717) is 40.4 Å². The molecule has 0 radical (unpaired) electrons. The van der Waals surface area contributed by atoms with E-state index in [4.69, 9.17) is 14.6 Å². The smallest absolute Gasteiger partial charge is 0.335 e. The number of anilines is 2. The second kappa shape index (κ2) is 9.07. The number of carboxylic acids is 1. The van der Waals surface area contributed by atoms with Crippen molar-refractivity contribution in [2.24, 2.45) is 5.16 Å². The standard InChI is InChI=1S/C25H20FN3O6/c26-18-7-16(23-17(8-18)12-34-13-35-23)11-29-21-6-5-19(9-20(21)22(28-33)24(29)30)27-10-14-1-3-15(4-2-14)25(31)32/h1-9,27,33H,10-13H2,(H,31,32)/b28-22-. The number of aromatic carboxylic acids is 1. The summed E-state index contributed by atoms with van der Waals surface area (Å²) >= 11 is 0. The summed E-state index contributed by atoms with van der Waals surface area (Å²) in [5.74, 6) is -1.50. The number of benzene rings is 3. The number of halogens is 1. The van der Waals surface area contributed by atoms with Crippen molar-refractivity contribution in [1.29, 1.82) is 0 Å². The number of nitrogens with zero attached hydrogens (tertiary/aromatic N) is 2. The van der Waals surface area contributed by atoms with Crippen molar-refractivity contribution in [3.8, 4) is 5.75 Å². The van der Waals surface area contributed by atoms with Crippen LogP contribution >= 0.6 is 0 Å². The Balaban J connectivity index is 1.39. The number of ether oxygens (including phenoxy) is 2. The number of oxime groups is 1. The number of hydrogen-bond donors (Lipinski definition) is 3. The van der Waals surface area contributed by atoms with E-state index in [1.165, 1.54) is 29.2 Å². The van der Waals surface area contributed by atoms with Crippen LogP contribution in [0, 0.1) is 5.82 Å². The molecule has 178 valence electrons. The molecule has 5 rings (SSSR count). The molecule has 0 saturated carbocycles. The highest BCUT2D eigenvalue weighted by Crippen LogP contribution is 2.36. The average Bonchev–Trinajstić information content (AvgIpc) is 3.12. The zero-order valence-electron chi connectivity index (χ0n) is 18.3. The van der Waals surface area contributed by atoms with Crippen LogP contribution in [0.15, 0.2) is 59.8 Å². The maximum absolute atomic E-state index is 14.2. The number of hydrogen-bond acceptors (Lipinski definition) is 7. The molecule has 0 fully saturated rings. The number of nitrogens with one attached hydrogen (secondary N) is 1. The fourth-order valence-corrected chi connectivity index (χ4v) is 4.19. The highest BCUT2D eigenvalue weighted by Gasteiger charge is 2.36. The summed E-state index contributed by atoms with van der Waals surface area (Å²) in [6.07, 6.45) is 0. The largest absolute Gasteiger partial charge is 0.478 e. The van der Waals surface area contributed by atoms with Crippen LogP contribution in [0.1, 0.15) is 32.6 Å². The van der Waals surface area contributed by atoms with Gasteiger partial charge in [0.05, 0.1) is 24.4 Å². The zero-order valence-corrected chi connectivity index (χ0v) is 18.3. The van der Waals surface area contributed by atoms with Gasteiger partial charge in [0.25, 0.3) is 5.91 Å². The molecule has 0 atom stereocenters. The summed E-state index contributed by atoms with van der Waals surface area (Å²) < 4.78 is 25.0. The number of amides is 1. The van der Waals surface area contributed by atoms with Crippen LogP contribution in [0.2, 0.25) is 0 Å². The van der Waals surface area contributed by atoms with Crippen molar-refractivity contribution in [2.75, 3.05) is 17.0 Å². The number of carbonyl (C=O) groups excluding carboxylic acids is 1. The molecular formula is C25H20FN3O6. The Morgan fingerprint density at radius 3 is 2.69 bits per heavy atom. The molecule has 0 aromatic heterocycles. The lowest BCUT2D eigenvalue weighted by Crippen LogP contribution is -2.30. The lowest BCUT2D eigenvalue weighted by atomic mass is 10.1. The molecule has 2 aliphatic rings. The lowest BCUT2D eigenvalue weighted by molar-refractivity contribution is -0.112. The van der Waals surface area contributed by atoms with Gasteiger partial charge in [0.15, 0.2) is 12.5 Å². The number of carboxylic acid groups (broad SMARTS) is 1. The van der Waals surface area contributed by atoms with Gasteiger partial charge in [-0.15, -0.1) is 0 Å². The van der Waals surface area contributed by atoms with Gasteiger partial charge in [-0.25, -0.2) is 9.18 Å². The number of fused-ring (bicyclic) bond motifs is 2. The molecule has 1 amide bonds. The van der Waals surface area contributed by atoms with Gasteiger partial charge in [0.2, 0.25) is 0 Å². The van der Waals surface area contributed by atoms with Crippen molar-refractivity contribution < 1.29 is 33.8 Å². The van der Waals surface area contributed by atoms with Crippen molar-refractivity contribution >= 4 is 29.0 Å². The Morgan fingerprint density at radius 1 is 1.14 bits per heavy atom. The molecule has 9 nitrogen and oxygen atoms in total. The minimum Gasteiger partial charge on any atom is -0.478 e. The summed E-state index contributed by atoms with van der Waals surface area (Å²) in [4.78, 5) is 25.5. The fourth-order valence-electron chi connectivity index (χ4n) is 4.19. The fraction of sp³-hybridized carbons (Fsp3) is 0.160. The van der Waals surface area contributed by atoms with Crippen molar-refractivity contribution in [3.05, 3.63) is 88.2 Å². The molecule has 0 unspecified atom stereocenters. The minimum atomic E-state index is -0.994. The second-order valence-corrected chi connectivity index (χ2v) is 8.09. The first-order chi connectivity index (χ1) is 16.9. The predicted molar refractivity (Wildman–Crippen MR) is 123 cm³/mol. The Hall–Kier alpha value is -4.44. The molecule has 2 heterocycles. The van der Waals surface area contributed by atoms with Gasteiger partial charge in [0, 0.05) is 28.9 Å². The molecular weight excluding hydrogens is 457 g/mol. The first-order valence-corrected chi connectivity index (χ1v) is 10.7. The highest BCUT2D eigenvalue weighted by atomic mass is 19.1. The second-order valence-electron chi connectivity index (χ2n) is 8.09. The first kappa shape index (κ1) is 22.4. The molecule has 0 bridgehead atoms. The van der Waals surface area contributed by atoms with Gasteiger partial charge in [-0.2, -0.15) is 0 Å². The Kier molecular flexibility index (Phi) is 5.79. The Labute approximate surface area is 199 Å². The van der Waals surface area contributed by atoms with Gasteiger partial charge in [-0.05, 0) is 48.0 Å². The molecule has 35 heavy (non-hydrogen) atoms. The zero-order chi connectivity index (χ0) is 24.5. The highest BCUT2D eigenvalue weighted by molar-refractivity contribution is 6.54. The molecule has 2 aliphatic heterocycles.